The molecule has 1 aliphatic carbocycles. The van der Waals surface area contributed by atoms with E-state index in [1.807, 2.05) is 31.2 Å². The van der Waals surface area contributed by atoms with Crippen LogP contribution >= 0.6 is 0 Å². The molecule has 7 nitrogen and oxygen atoms in total. The molecule has 1 amide bonds. The van der Waals surface area contributed by atoms with E-state index in [0.717, 1.165) is 11.5 Å². The van der Waals surface area contributed by atoms with E-state index in [4.69, 9.17) is 14.6 Å². The Hall–Kier alpha value is -3.61. The molecular weight excluding hydrogens is 406 g/mol. The maximum absolute atomic E-state index is 10.7. The van der Waals surface area contributed by atoms with Crippen molar-refractivity contribution in [2.45, 2.75) is 51.2 Å². The first-order chi connectivity index (χ1) is 15.3. The van der Waals surface area contributed by atoms with Gasteiger partial charge in [0.15, 0.2) is 0 Å². The van der Waals surface area contributed by atoms with Crippen LogP contribution in [0.1, 0.15) is 43.6 Å². The van der Waals surface area contributed by atoms with Gasteiger partial charge in [-0.3, -0.25) is 0 Å². The molecule has 166 valence electrons. The van der Waals surface area contributed by atoms with Gasteiger partial charge < -0.3 is 19.9 Å². The summed E-state index contributed by atoms with van der Waals surface area (Å²) < 4.78 is 11.8. The van der Waals surface area contributed by atoms with Gasteiger partial charge in [-0.15, -0.1) is 0 Å². The molecule has 0 radical (unpaired) electrons. The Balaban J connectivity index is 1.38. The topological polar surface area (TPSA) is 93.6 Å². The van der Waals surface area contributed by atoms with Crippen molar-refractivity contribution in [2.24, 2.45) is 0 Å². The number of rotatable bonds is 7. The van der Waals surface area contributed by atoms with Crippen molar-refractivity contribution in [3.63, 3.8) is 0 Å². The van der Waals surface area contributed by atoms with Gasteiger partial charge in [0.2, 0.25) is 5.88 Å². The summed E-state index contributed by atoms with van der Waals surface area (Å²) in [7, 11) is 0. The van der Waals surface area contributed by atoms with Crippen molar-refractivity contribution in [2.75, 3.05) is 0 Å². The zero-order valence-electron chi connectivity index (χ0n) is 18.4. The van der Waals surface area contributed by atoms with Gasteiger partial charge in [0.25, 0.3) is 0 Å². The minimum absolute atomic E-state index is 0.0129. The highest BCUT2D eigenvalue weighted by atomic mass is 16.5. The summed E-state index contributed by atoms with van der Waals surface area (Å²) in [6, 6.07) is 17.9. The van der Waals surface area contributed by atoms with Crippen molar-refractivity contribution in [3.05, 3.63) is 77.7 Å². The van der Waals surface area contributed by atoms with E-state index in [-0.39, 0.29) is 17.6 Å². The molecule has 2 aromatic carbocycles. The van der Waals surface area contributed by atoms with Crippen LogP contribution in [0.2, 0.25) is 0 Å². The van der Waals surface area contributed by atoms with Crippen molar-refractivity contribution < 1.29 is 19.4 Å². The van der Waals surface area contributed by atoms with Gasteiger partial charge in [0, 0.05) is 36.6 Å². The maximum atomic E-state index is 10.7. The van der Waals surface area contributed by atoms with Crippen LogP contribution in [0.15, 0.2) is 60.8 Å². The van der Waals surface area contributed by atoms with E-state index in [9.17, 15) is 4.79 Å². The van der Waals surface area contributed by atoms with E-state index < -0.39 is 6.09 Å². The fraction of sp³-hybridized carbons (Fsp3) is 0.320. The Kier molecular flexibility index (Phi) is 5.99. The lowest BCUT2D eigenvalue weighted by Gasteiger charge is -2.35. The number of benzene rings is 2. The second kappa shape index (κ2) is 8.86. The molecule has 1 fully saturated rings. The van der Waals surface area contributed by atoms with Gasteiger partial charge in [-0.1, -0.05) is 38.1 Å². The molecule has 0 atom stereocenters. The van der Waals surface area contributed by atoms with Crippen LogP contribution in [0.5, 0.6) is 17.4 Å². The lowest BCUT2D eigenvalue weighted by molar-refractivity contribution is 0.0833. The third kappa shape index (κ3) is 4.99. The molecule has 4 rings (SSSR count). The summed E-state index contributed by atoms with van der Waals surface area (Å²) in [6.07, 6.45) is 2.14. The molecule has 7 heteroatoms. The number of aryl methyl sites for hydroxylation is 1. The number of ether oxygens (including phenoxy) is 2. The van der Waals surface area contributed by atoms with Gasteiger partial charge >= 0.3 is 6.09 Å². The van der Waals surface area contributed by atoms with Crippen molar-refractivity contribution in [1.29, 1.82) is 0 Å². The summed E-state index contributed by atoms with van der Waals surface area (Å²) in [5, 5.41) is 11.2. The molecule has 0 unspecified atom stereocenters. The number of nitrogens with zero attached hydrogens (tertiary/aromatic N) is 2. The Bertz CT molecular complexity index is 1080. The smallest absolute Gasteiger partial charge is 0.404 e. The third-order valence-corrected chi connectivity index (χ3v) is 5.85. The molecule has 2 N–H and O–H groups in total. The highest BCUT2D eigenvalue weighted by Gasteiger charge is 2.32. The number of carbonyl (C=O) groups is 1. The number of nitrogens with one attached hydrogen (secondary N) is 1. The molecule has 1 heterocycles. The molecule has 32 heavy (non-hydrogen) atoms. The fourth-order valence-corrected chi connectivity index (χ4v) is 3.82. The second-order valence-electron chi connectivity index (χ2n) is 8.58. The predicted octanol–water partition coefficient (Wildman–Crippen LogP) is 5.08. The third-order valence-electron chi connectivity index (χ3n) is 5.85. The van der Waals surface area contributed by atoms with Crippen LogP contribution in [-0.2, 0) is 5.41 Å². The first-order valence-electron chi connectivity index (χ1n) is 10.6. The Labute approximate surface area is 187 Å². The summed E-state index contributed by atoms with van der Waals surface area (Å²) in [5.41, 5.74) is 2.14. The highest BCUT2D eigenvalue weighted by Crippen LogP contribution is 2.34. The van der Waals surface area contributed by atoms with E-state index in [1.54, 1.807) is 12.3 Å². The molecule has 0 spiro atoms. The van der Waals surface area contributed by atoms with Crippen LogP contribution in [-0.4, -0.2) is 33.3 Å². The number of aromatic nitrogens is 2. The quantitative estimate of drug-likeness (QED) is 0.540. The summed E-state index contributed by atoms with van der Waals surface area (Å²) in [6.45, 7) is 6.19. The van der Waals surface area contributed by atoms with Gasteiger partial charge in [-0.2, -0.15) is 4.98 Å². The van der Waals surface area contributed by atoms with Crippen LogP contribution in [0, 0.1) is 6.92 Å². The van der Waals surface area contributed by atoms with Gasteiger partial charge in [-0.05, 0) is 42.3 Å². The lowest BCUT2D eigenvalue weighted by atomic mass is 9.78. The summed E-state index contributed by atoms with van der Waals surface area (Å²) >= 11 is 0. The molecule has 0 aliphatic heterocycles. The lowest BCUT2D eigenvalue weighted by Crippen LogP contribution is -2.48. The SMILES string of the molecule is Cc1nccc(Oc2ccc(C(C)(C)c3ccc(OC4CC(NC(=O)O)C4)cc3)cc2)n1. The zero-order valence-corrected chi connectivity index (χ0v) is 18.4. The van der Waals surface area contributed by atoms with Crippen LogP contribution in [0.25, 0.3) is 0 Å². The van der Waals surface area contributed by atoms with E-state index >= 15 is 0 Å². The van der Waals surface area contributed by atoms with Crippen LogP contribution in [0.3, 0.4) is 0 Å². The van der Waals surface area contributed by atoms with Crippen LogP contribution < -0.4 is 14.8 Å². The maximum Gasteiger partial charge on any atom is 0.404 e. The number of carboxylic acid groups (broad SMARTS) is 1. The van der Waals surface area contributed by atoms with E-state index in [0.29, 0.717) is 24.5 Å². The minimum Gasteiger partial charge on any atom is -0.490 e. The first-order valence-corrected chi connectivity index (χ1v) is 10.6. The average Bonchev–Trinajstić information content (AvgIpc) is 2.73. The Morgan fingerprint density at radius 2 is 1.59 bits per heavy atom. The summed E-state index contributed by atoms with van der Waals surface area (Å²) in [5.74, 6) is 2.72. The monoisotopic (exact) mass is 433 g/mol. The second-order valence-corrected chi connectivity index (χ2v) is 8.58. The van der Waals surface area contributed by atoms with Gasteiger partial charge in [0.05, 0.1) is 0 Å². The predicted molar refractivity (Wildman–Crippen MR) is 120 cm³/mol. The van der Waals surface area contributed by atoms with Gasteiger partial charge in [-0.25, -0.2) is 9.78 Å². The molecule has 0 bridgehead atoms. The zero-order chi connectivity index (χ0) is 22.7. The average molecular weight is 434 g/mol. The van der Waals surface area contributed by atoms with Gasteiger partial charge in [0.1, 0.15) is 23.4 Å². The molecule has 1 aliphatic rings. The van der Waals surface area contributed by atoms with E-state index in [1.165, 1.54) is 11.1 Å². The number of amides is 1. The van der Waals surface area contributed by atoms with Crippen LogP contribution in [0.4, 0.5) is 4.79 Å². The fourth-order valence-electron chi connectivity index (χ4n) is 3.82. The van der Waals surface area contributed by atoms with E-state index in [2.05, 4.69) is 53.4 Å². The molecule has 1 aromatic heterocycles. The van der Waals surface area contributed by atoms with Crippen molar-refractivity contribution >= 4 is 6.09 Å². The number of hydrogen-bond donors (Lipinski definition) is 2. The highest BCUT2D eigenvalue weighted by molar-refractivity contribution is 5.65. The first kappa shape index (κ1) is 21.6. The normalized spacial score (nSPS) is 17.8. The largest absolute Gasteiger partial charge is 0.490 e. The van der Waals surface area contributed by atoms with Crippen molar-refractivity contribution in [3.8, 4) is 17.4 Å². The molecule has 0 saturated heterocycles. The molecule has 3 aromatic rings. The van der Waals surface area contributed by atoms with Crippen molar-refractivity contribution in [1.82, 2.24) is 15.3 Å². The minimum atomic E-state index is -0.983. The Morgan fingerprint density at radius 3 is 2.16 bits per heavy atom. The molecule has 1 saturated carbocycles. The number of hydrogen-bond acceptors (Lipinski definition) is 5. The molecular formula is C25H27N3O4. The Morgan fingerprint density at radius 1 is 1.00 bits per heavy atom. The summed E-state index contributed by atoms with van der Waals surface area (Å²) in [4.78, 5) is 19.0. The standard InChI is InChI=1S/C25H27N3O4/c1-16-26-13-12-23(27-16)32-21-10-6-18(7-11-21)25(2,3)17-4-8-20(9-5-17)31-22-14-19(15-22)28-24(29)30/h4-13,19,22,28H,14-15H2,1-3H3,(H,29,30).